The number of amides is 1. The smallest absolute Gasteiger partial charge is 0.229 e. The minimum absolute atomic E-state index is 0.110. The lowest BCUT2D eigenvalue weighted by molar-refractivity contribution is -0.145. The Hall–Kier alpha value is -2.21. The molecule has 1 aromatic heterocycles. The lowest BCUT2D eigenvalue weighted by Crippen LogP contribution is -2.48. The van der Waals surface area contributed by atoms with E-state index in [9.17, 15) is 4.79 Å². The zero-order valence-electron chi connectivity index (χ0n) is 13.5. The van der Waals surface area contributed by atoms with Crippen molar-refractivity contribution in [1.29, 1.82) is 0 Å². The summed E-state index contributed by atoms with van der Waals surface area (Å²) in [6, 6.07) is 10.4. The minimum atomic E-state index is -0.110. The third-order valence-electron chi connectivity index (χ3n) is 5.82. The van der Waals surface area contributed by atoms with Crippen molar-refractivity contribution in [3.8, 4) is 11.3 Å². The molecule has 6 nitrogen and oxygen atoms in total. The summed E-state index contributed by atoms with van der Waals surface area (Å²) in [7, 11) is 0. The van der Waals surface area contributed by atoms with Gasteiger partial charge in [0.2, 0.25) is 5.91 Å². The number of nitrogens with zero attached hydrogens (tertiary/aromatic N) is 4. The average molecular weight is 324 g/mol. The molecule has 1 amide bonds. The fraction of sp³-hybridized carbons (Fsp3) is 0.500. The van der Waals surface area contributed by atoms with Crippen LogP contribution in [0.1, 0.15) is 18.9 Å². The zero-order chi connectivity index (χ0) is 16.1. The van der Waals surface area contributed by atoms with Crippen LogP contribution in [-0.2, 0) is 9.53 Å². The third kappa shape index (κ3) is 2.02. The van der Waals surface area contributed by atoms with Crippen LogP contribution < -0.4 is 0 Å². The number of fused-ring (bicyclic) bond motifs is 1. The first-order valence-electron chi connectivity index (χ1n) is 8.62. The zero-order valence-corrected chi connectivity index (χ0v) is 13.5. The van der Waals surface area contributed by atoms with Crippen molar-refractivity contribution in [2.75, 3.05) is 26.3 Å². The van der Waals surface area contributed by atoms with Gasteiger partial charge < -0.3 is 9.64 Å². The Bertz CT molecular complexity index is 768. The number of benzene rings is 1. The van der Waals surface area contributed by atoms with Crippen molar-refractivity contribution in [3.63, 3.8) is 0 Å². The first-order chi connectivity index (χ1) is 11.8. The SMILES string of the molecule is O=C(N1CCOCC1)[C@@]12C[C@@H](n3cc(-c4ccccc4)nn3)[C@@H]1C2. The Labute approximate surface area is 140 Å². The number of carbonyl (C=O) groups excluding carboxylic acids is 1. The van der Waals surface area contributed by atoms with Crippen LogP contribution in [0.25, 0.3) is 11.3 Å². The number of morpholine rings is 1. The van der Waals surface area contributed by atoms with Gasteiger partial charge in [0.05, 0.1) is 30.9 Å². The van der Waals surface area contributed by atoms with Crippen LogP contribution in [0.15, 0.2) is 36.5 Å². The highest BCUT2D eigenvalue weighted by atomic mass is 16.5. The Kier molecular flexibility index (Phi) is 3.03. The van der Waals surface area contributed by atoms with Crippen LogP contribution in [0.5, 0.6) is 0 Å². The number of hydrogen-bond acceptors (Lipinski definition) is 4. The minimum Gasteiger partial charge on any atom is -0.378 e. The van der Waals surface area contributed by atoms with Gasteiger partial charge in [-0.25, -0.2) is 4.68 Å². The van der Waals surface area contributed by atoms with E-state index in [1.54, 1.807) is 0 Å². The molecule has 1 aromatic carbocycles. The lowest BCUT2D eigenvalue weighted by Gasteiger charge is -2.38. The van der Waals surface area contributed by atoms with Gasteiger partial charge in [-0.15, -0.1) is 5.10 Å². The van der Waals surface area contributed by atoms with Gasteiger partial charge in [0.1, 0.15) is 5.69 Å². The first kappa shape index (κ1) is 14.2. The number of carbonyl (C=O) groups is 1. The van der Waals surface area contributed by atoms with Gasteiger partial charge >= 0.3 is 0 Å². The number of ether oxygens (including phenoxy) is 1. The molecule has 3 atom stereocenters. The Morgan fingerprint density at radius 3 is 2.71 bits per heavy atom. The van der Waals surface area contributed by atoms with Crippen molar-refractivity contribution in [3.05, 3.63) is 36.5 Å². The maximum atomic E-state index is 12.8. The van der Waals surface area contributed by atoms with Crippen molar-refractivity contribution in [2.45, 2.75) is 18.9 Å². The summed E-state index contributed by atoms with van der Waals surface area (Å²) in [5, 5.41) is 8.62. The average Bonchev–Trinajstić information content (AvgIpc) is 2.98. The predicted octanol–water partition coefficient (Wildman–Crippen LogP) is 1.75. The molecule has 0 radical (unpaired) electrons. The highest BCUT2D eigenvalue weighted by molar-refractivity contribution is 5.88. The molecule has 0 N–H and O–H groups in total. The van der Waals surface area contributed by atoms with Crippen LogP contribution >= 0.6 is 0 Å². The molecule has 124 valence electrons. The number of hydrogen-bond donors (Lipinski definition) is 0. The predicted molar refractivity (Wildman–Crippen MR) is 87.1 cm³/mol. The van der Waals surface area contributed by atoms with Crippen LogP contribution in [0.4, 0.5) is 0 Å². The quantitative estimate of drug-likeness (QED) is 0.863. The van der Waals surface area contributed by atoms with Gasteiger partial charge in [0.15, 0.2) is 0 Å². The van der Waals surface area contributed by atoms with Crippen molar-refractivity contribution >= 4 is 5.91 Å². The fourth-order valence-electron chi connectivity index (χ4n) is 4.30. The van der Waals surface area contributed by atoms with E-state index >= 15 is 0 Å². The third-order valence-corrected chi connectivity index (χ3v) is 5.82. The molecule has 2 heterocycles. The number of aromatic nitrogens is 3. The second-order valence-corrected chi connectivity index (χ2v) is 7.09. The van der Waals surface area contributed by atoms with E-state index in [1.807, 2.05) is 46.1 Å². The van der Waals surface area contributed by atoms with Gasteiger partial charge in [0.25, 0.3) is 0 Å². The van der Waals surface area contributed by atoms with Crippen molar-refractivity contribution in [2.24, 2.45) is 11.3 Å². The summed E-state index contributed by atoms with van der Waals surface area (Å²) in [4.78, 5) is 14.8. The van der Waals surface area contributed by atoms with E-state index in [-0.39, 0.29) is 5.41 Å². The topological polar surface area (TPSA) is 60.2 Å². The number of rotatable bonds is 3. The molecule has 2 aliphatic carbocycles. The summed E-state index contributed by atoms with van der Waals surface area (Å²) in [6.07, 6.45) is 3.90. The van der Waals surface area contributed by atoms with Gasteiger partial charge in [0, 0.05) is 18.7 Å². The maximum absolute atomic E-state index is 12.8. The summed E-state index contributed by atoms with van der Waals surface area (Å²) in [5.41, 5.74) is 1.86. The monoisotopic (exact) mass is 324 g/mol. The molecule has 0 unspecified atom stereocenters. The van der Waals surface area contributed by atoms with Crippen molar-refractivity contribution < 1.29 is 9.53 Å². The summed E-state index contributed by atoms with van der Waals surface area (Å²) in [5.74, 6) is 0.758. The molecule has 3 aliphatic rings. The standard InChI is InChI=1S/C18H20N4O2/c23-17(21-6-8-24-9-7-21)18-10-14(18)16(11-18)22-12-15(19-20-22)13-4-2-1-3-5-13/h1-5,12,14,16H,6-11H2/t14-,16+,18-/m0/s1. The summed E-state index contributed by atoms with van der Waals surface area (Å²) >= 11 is 0. The fourth-order valence-corrected chi connectivity index (χ4v) is 4.30. The largest absolute Gasteiger partial charge is 0.378 e. The molecule has 0 bridgehead atoms. The van der Waals surface area contributed by atoms with Gasteiger partial charge in [-0.05, 0) is 18.8 Å². The van der Waals surface area contributed by atoms with E-state index in [4.69, 9.17) is 4.74 Å². The molecule has 3 fully saturated rings. The van der Waals surface area contributed by atoms with E-state index in [1.165, 1.54) is 0 Å². The second kappa shape index (κ2) is 5.14. The molecule has 5 rings (SSSR count). The molecule has 1 saturated heterocycles. The molecule has 24 heavy (non-hydrogen) atoms. The molecular formula is C18H20N4O2. The molecular weight excluding hydrogens is 304 g/mol. The van der Waals surface area contributed by atoms with Crippen molar-refractivity contribution in [1.82, 2.24) is 19.9 Å². The lowest BCUT2D eigenvalue weighted by atomic mass is 9.78. The summed E-state index contributed by atoms with van der Waals surface area (Å²) in [6.45, 7) is 2.80. The highest BCUT2D eigenvalue weighted by Crippen LogP contribution is 2.73. The van der Waals surface area contributed by atoms with E-state index in [0.717, 1.165) is 37.2 Å². The van der Waals surface area contributed by atoms with Gasteiger partial charge in [-0.3, -0.25) is 4.79 Å². The van der Waals surface area contributed by atoms with Crippen LogP contribution in [0, 0.1) is 11.3 Å². The highest BCUT2D eigenvalue weighted by Gasteiger charge is 2.73. The maximum Gasteiger partial charge on any atom is 0.229 e. The Morgan fingerprint density at radius 2 is 1.96 bits per heavy atom. The van der Waals surface area contributed by atoms with E-state index in [2.05, 4.69) is 10.3 Å². The van der Waals surface area contributed by atoms with Crippen LogP contribution in [0.3, 0.4) is 0 Å². The second-order valence-electron chi connectivity index (χ2n) is 7.09. The van der Waals surface area contributed by atoms with Crippen LogP contribution in [0.2, 0.25) is 0 Å². The molecule has 0 spiro atoms. The molecule has 6 heteroatoms. The van der Waals surface area contributed by atoms with E-state index < -0.39 is 0 Å². The Morgan fingerprint density at radius 1 is 1.17 bits per heavy atom. The van der Waals surface area contributed by atoms with E-state index in [0.29, 0.717) is 31.1 Å². The van der Waals surface area contributed by atoms with Gasteiger partial charge in [-0.1, -0.05) is 35.5 Å². The Balaban J connectivity index is 1.29. The normalized spacial score (nSPS) is 31.2. The molecule has 1 aliphatic heterocycles. The first-order valence-corrected chi connectivity index (χ1v) is 8.62. The molecule has 2 saturated carbocycles. The van der Waals surface area contributed by atoms with Crippen LogP contribution in [-0.4, -0.2) is 52.1 Å². The van der Waals surface area contributed by atoms with Gasteiger partial charge in [-0.2, -0.15) is 0 Å². The molecule has 2 aromatic rings. The summed E-state index contributed by atoms with van der Waals surface area (Å²) < 4.78 is 7.31.